The Morgan fingerprint density at radius 2 is 1.78 bits per heavy atom. The van der Waals surface area contributed by atoms with Gasteiger partial charge in [-0.25, -0.2) is 0 Å². The molecule has 0 atom stereocenters. The fraction of sp³-hybridized carbons (Fsp3) is 0.150. The van der Waals surface area contributed by atoms with E-state index in [-0.39, 0.29) is 42.7 Å². The van der Waals surface area contributed by atoms with Crippen LogP contribution in [-0.2, 0) is 6.54 Å². The Morgan fingerprint density at radius 3 is 2.41 bits per heavy atom. The highest BCUT2D eigenvalue weighted by Gasteiger charge is 2.31. The third kappa shape index (κ3) is 3.93. The topological polar surface area (TPSA) is 97.3 Å². The van der Waals surface area contributed by atoms with Crippen molar-refractivity contribution in [3.8, 4) is 23.6 Å². The number of hydrogen-bond acceptors (Lipinski definition) is 6. The fourth-order valence-electron chi connectivity index (χ4n) is 2.75. The minimum absolute atomic E-state index is 0.0120. The van der Waals surface area contributed by atoms with Crippen LogP contribution in [-0.4, -0.2) is 28.9 Å². The van der Waals surface area contributed by atoms with Crippen molar-refractivity contribution in [1.29, 1.82) is 10.5 Å². The summed E-state index contributed by atoms with van der Waals surface area (Å²) in [6, 6.07) is 13.8. The average Bonchev–Trinajstić information content (AvgIpc) is 2.96. The predicted molar refractivity (Wildman–Crippen MR) is 99.0 cm³/mol. The number of phenolic OH excluding ortho intramolecular Hbond substituents is 1. The lowest BCUT2D eigenvalue weighted by molar-refractivity contribution is 0.101. The normalized spacial score (nSPS) is 13.9. The van der Waals surface area contributed by atoms with E-state index in [0.29, 0.717) is 16.1 Å². The van der Waals surface area contributed by atoms with Gasteiger partial charge >= 0.3 is 0 Å². The second-order valence-corrected chi connectivity index (χ2v) is 6.33. The number of allylic oxidation sites excluding steroid dienone is 1. The molecule has 0 bridgehead atoms. The molecule has 1 aliphatic rings. The van der Waals surface area contributed by atoms with Crippen LogP contribution >= 0.6 is 11.6 Å². The van der Waals surface area contributed by atoms with Gasteiger partial charge in [-0.15, -0.1) is 0 Å². The molecule has 1 N–H and O–H groups in total. The molecule has 2 aromatic rings. The summed E-state index contributed by atoms with van der Waals surface area (Å²) in [5.74, 6) is 0.0240. The third-order valence-corrected chi connectivity index (χ3v) is 4.31. The largest absolute Gasteiger partial charge is 0.507 e. The number of phenols is 1. The molecular formula is C20H14ClN3O3. The van der Waals surface area contributed by atoms with Crippen molar-refractivity contribution >= 4 is 23.5 Å². The number of nitriles is 2. The zero-order chi connectivity index (χ0) is 19.4. The number of aromatic hydroxyl groups is 1. The highest BCUT2D eigenvalue weighted by Crippen LogP contribution is 2.40. The molecular weight excluding hydrogens is 366 g/mol. The third-order valence-electron chi connectivity index (χ3n) is 4.05. The number of carbonyl (C=O) groups excluding carboxylic acids is 1. The number of ether oxygens (including phenoxy) is 1. The number of benzene rings is 2. The van der Waals surface area contributed by atoms with Crippen molar-refractivity contribution in [3.63, 3.8) is 0 Å². The Morgan fingerprint density at radius 1 is 1.11 bits per heavy atom. The van der Waals surface area contributed by atoms with Gasteiger partial charge in [0.1, 0.15) is 11.5 Å². The maximum absolute atomic E-state index is 12.6. The van der Waals surface area contributed by atoms with E-state index < -0.39 is 0 Å². The maximum Gasteiger partial charge on any atom is 0.231 e. The Hall–Kier alpha value is -3.32. The van der Waals surface area contributed by atoms with E-state index in [0.717, 1.165) is 5.56 Å². The summed E-state index contributed by atoms with van der Waals surface area (Å²) < 4.78 is 5.75. The van der Waals surface area contributed by atoms with Crippen molar-refractivity contribution in [2.45, 2.75) is 6.54 Å². The van der Waals surface area contributed by atoms with Gasteiger partial charge in [0.2, 0.25) is 5.78 Å². The van der Waals surface area contributed by atoms with E-state index in [1.807, 2.05) is 12.1 Å². The summed E-state index contributed by atoms with van der Waals surface area (Å²) in [4.78, 5) is 14.2. The van der Waals surface area contributed by atoms with Crippen LogP contribution in [0.5, 0.6) is 11.5 Å². The van der Waals surface area contributed by atoms with Crippen LogP contribution in [0.2, 0.25) is 5.02 Å². The molecule has 3 rings (SSSR count). The number of carbonyl (C=O) groups is 1. The number of ketones is 1. The number of nitrogens with zero attached hydrogens (tertiary/aromatic N) is 3. The van der Waals surface area contributed by atoms with E-state index in [4.69, 9.17) is 26.9 Å². The van der Waals surface area contributed by atoms with Gasteiger partial charge in [-0.1, -0.05) is 23.7 Å². The van der Waals surface area contributed by atoms with E-state index >= 15 is 0 Å². The molecule has 0 radical (unpaired) electrons. The zero-order valence-corrected chi connectivity index (χ0v) is 14.9. The zero-order valence-electron chi connectivity index (χ0n) is 14.1. The lowest BCUT2D eigenvalue weighted by atomic mass is 10.0. The van der Waals surface area contributed by atoms with Crippen LogP contribution in [0.15, 0.2) is 42.2 Å². The van der Waals surface area contributed by atoms with Crippen LogP contribution < -0.4 is 4.74 Å². The standard InChI is InChI=1S/C20H14ClN3O3/c21-14-3-1-13(2-4-14)11-18-19(26)15-5-6-17(25)16(20(15)27-18)12-24(9-7-22)10-8-23/h1-6,11,25H,9-10,12H2/b18-11-. The highest BCUT2D eigenvalue weighted by molar-refractivity contribution is 6.30. The average molecular weight is 380 g/mol. The van der Waals surface area contributed by atoms with E-state index in [1.165, 1.54) is 12.1 Å². The molecule has 0 aliphatic carbocycles. The molecule has 134 valence electrons. The second-order valence-electron chi connectivity index (χ2n) is 5.89. The molecule has 27 heavy (non-hydrogen) atoms. The van der Waals surface area contributed by atoms with Crippen LogP contribution in [0, 0.1) is 22.7 Å². The quantitative estimate of drug-likeness (QED) is 0.630. The summed E-state index contributed by atoms with van der Waals surface area (Å²) >= 11 is 5.87. The molecule has 0 spiro atoms. The number of hydrogen-bond donors (Lipinski definition) is 1. The number of fused-ring (bicyclic) bond motifs is 1. The van der Waals surface area contributed by atoms with E-state index in [9.17, 15) is 9.90 Å². The molecule has 0 fully saturated rings. The van der Waals surface area contributed by atoms with Gasteiger partial charge in [0, 0.05) is 11.6 Å². The van der Waals surface area contributed by atoms with Crippen LogP contribution in [0.3, 0.4) is 0 Å². The summed E-state index contributed by atoms with van der Waals surface area (Å²) in [5, 5.41) is 28.6. The van der Waals surface area contributed by atoms with Gasteiger partial charge in [0.15, 0.2) is 5.76 Å². The summed E-state index contributed by atoms with van der Waals surface area (Å²) in [6.07, 6.45) is 1.60. The Labute approximate surface area is 161 Å². The number of Topliss-reactive ketones (excluding diaryl/α,β-unsaturated/α-hetero) is 1. The first-order chi connectivity index (χ1) is 13.0. The molecule has 6 nitrogen and oxygen atoms in total. The summed E-state index contributed by atoms with van der Waals surface area (Å²) in [7, 11) is 0. The molecule has 1 heterocycles. The van der Waals surface area contributed by atoms with E-state index in [2.05, 4.69) is 0 Å². The maximum atomic E-state index is 12.6. The lowest BCUT2D eigenvalue weighted by Crippen LogP contribution is -2.24. The Bertz CT molecular complexity index is 985. The Kier molecular flexibility index (Phi) is 5.42. The predicted octanol–water partition coefficient (Wildman–Crippen LogP) is 3.51. The lowest BCUT2D eigenvalue weighted by Gasteiger charge is -2.17. The van der Waals surface area contributed by atoms with Gasteiger partial charge in [0.05, 0.1) is 36.4 Å². The molecule has 7 heteroatoms. The fourth-order valence-corrected chi connectivity index (χ4v) is 2.88. The van der Waals surface area contributed by atoms with Crippen molar-refractivity contribution in [1.82, 2.24) is 4.90 Å². The van der Waals surface area contributed by atoms with Gasteiger partial charge in [-0.05, 0) is 35.9 Å². The van der Waals surface area contributed by atoms with E-state index in [1.54, 1.807) is 35.2 Å². The second kappa shape index (κ2) is 7.92. The first-order valence-corrected chi connectivity index (χ1v) is 8.42. The molecule has 2 aromatic carbocycles. The molecule has 0 saturated heterocycles. The van der Waals surface area contributed by atoms with Crippen LogP contribution in [0.25, 0.3) is 6.08 Å². The van der Waals surface area contributed by atoms with Gasteiger partial charge in [0.25, 0.3) is 0 Å². The molecule has 0 saturated carbocycles. The van der Waals surface area contributed by atoms with Gasteiger partial charge in [-0.3, -0.25) is 9.69 Å². The highest BCUT2D eigenvalue weighted by atomic mass is 35.5. The minimum Gasteiger partial charge on any atom is -0.507 e. The number of halogens is 1. The summed E-state index contributed by atoms with van der Waals surface area (Å²) in [5.41, 5.74) is 1.44. The minimum atomic E-state index is -0.298. The smallest absolute Gasteiger partial charge is 0.231 e. The first kappa shape index (κ1) is 18.5. The van der Waals surface area contributed by atoms with Crippen molar-refractivity contribution in [2.24, 2.45) is 0 Å². The van der Waals surface area contributed by atoms with Gasteiger partial charge < -0.3 is 9.84 Å². The summed E-state index contributed by atoms with van der Waals surface area (Å²) in [6.45, 7) is 0.133. The molecule has 0 unspecified atom stereocenters. The monoisotopic (exact) mass is 379 g/mol. The van der Waals surface area contributed by atoms with Crippen LogP contribution in [0.4, 0.5) is 0 Å². The number of rotatable bonds is 5. The molecule has 0 aromatic heterocycles. The SMILES string of the molecule is N#CCN(CC#N)Cc1c(O)ccc2c1O/C(=C\c1ccc(Cl)cc1)C2=O. The molecule has 1 aliphatic heterocycles. The van der Waals surface area contributed by atoms with Gasteiger partial charge in [-0.2, -0.15) is 10.5 Å². The first-order valence-electron chi connectivity index (χ1n) is 8.04. The molecule has 0 amide bonds. The van der Waals surface area contributed by atoms with Crippen LogP contribution in [0.1, 0.15) is 21.5 Å². The van der Waals surface area contributed by atoms with Crippen molar-refractivity contribution in [2.75, 3.05) is 13.1 Å². The van der Waals surface area contributed by atoms with Crippen molar-refractivity contribution < 1.29 is 14.6 Å². The Balaban J connectivity index is 1.95. The van der Waals surface area contributed by atoms with Crippen molar-refractivity contribution in [3.05, 3.63) is 63.9 Å².